The predicted octanol–water partition coefficient (Wildman–Crippen LogP) is 4.86. The summed E-state index contributed by atoms with van der Waals surface area (Å²) in [6.07, 6.45) is 6.20. The second-order valence-electron chi connectivity index (χ2n) is 7.92. The van der Waals surface area contributed by atoms with Gasteiger partial charge in [0.2, 0.25) is 0 Å². The van der Waals surface area contributed by atoms with Crippen LogP contribution in [-0.4, -0.2) is 36.8 Å². The molecule has 0 spiro atoms. The summed E-state index contributed by atoms with van der Waals surface area (Å²) in [5, 5.41) is 9.88. The predicted molar refractivity (Wildman–Crippen MR) is 113 cm³/mol. The van der Waals surface area contributed by atoms with Gasteiger partial charge in [0.1, 0.15) is 5.78 Å². The number of carbonyl (C=O) groups excluding carboxylic acids is 2. The molecule has 0 N–H and O–H groups in total. The van der Waals surface area contributed by atoms with E-state index in [1.54, 1.807) is 6.92 Å². The SMILES string of the molecule is CCC(=O)CC(=O)N(N=Nc1ccc(N(C)C)cc1)C1C=CC(C)=CC1(C)C. The first kappa shape index (κ1) is 21.5. The first-order valence-electron chi connectivity index (χ1n) is 9.54. The van der Waals surface area contributed by atoms with Crippen molar-refractivity contribution in [3.63, 3.8) is 0 Å². The van der Waals surface area contributed by atoms with E-state index in [9.17, 15) is 9.59 Å². The number of ketones is 1. The van der Waals surface area contributed by atoms with Gasteiger partial charge in [-0.1, -0.05) is 49.8 Å². The van der Waals surface area contributed by atoms with E-state index in [1.165, 1.54) is 5.01 Å². The second kappa shape index (κ2) is 8.95. The Labute approximate surface area is 167 Å². The van der Waals surface area contributed by atoms with Crippen LogP contribution in [-0.2, 0) is 9.59 Å². The summed E-state index contributed by atoms with van der Waals surface area (Å²) in [5.74, 6) is -0.443. The average Bonchev–Trinajstić information content (AvgIpc) is 2.62. The number of benzene rings is 1. The molecule has 2 rings (SSSR count). The molecule has 6 heteroatoms. The van der Waals surface area contributed by atoms with Crippen molar-refractivity contribution in [2.75, 3.05) is 19.0 Å². The number of hydrogen-bond acceptors (Lipinski definition) is 5. The fourth-order valence-corrected chi connectivity index (χ4v) is 3.16. The number of nitrogens with zero attached hydrogens (tertiary/aromatic N) is 4. The van der Waals surface area contributed by atoms with Crippen LogP contribution in [0.4, 0.5) is 11.4 Å². The van der Waals surface area contributed by atoms with E-state index >= 15 is 0 Å². The molecule has 1 aliphatic rings. The Morgan fingerprint density at radius 1 is 1.14 bits per heavy atom. The number of Topliss-reactive ketones (excluding diaryl/α,β-unsaturated/α-hetero) is 1. The molecule has 150 valence electrons. The summed E-state index contributed by atoms with van der Waals surface area (Å²) in [7, 11) is 3.93. The zero-order valence-electron chi connectivity index (χ0n) is 17.6. The van der Waals surface area contributed by atoms with Gasteiger partial charge in [0.25, 0.3) is 5.91 Å². The van der Waals surface area contributed by atoms with Gasteiger partial charge in [-0.25, -0.2) is 5.01 Å². The third-order valence-corrected chi connectivity index (χ3v) is 4.79. The lowest BCUT2D eigenvalue weighted by molar-refractivity contribution is -0.138. The number of anilines is 1. The molecule has 1 aromatic rings. The van der Waals surface area contributed by atoms with Crippen LogP contribution >= 0.6 is 0 Å². The monoisotopic (exact) mass is 382 g/mol. The highest BCUT2D eigenvalue weighted by atomic mass is 16.2. The molecular weight excluding hydrogens is 352 g/mol. The zero-order valence-corrected chi connectivity index (χ0v) is 17.6. The fraction of sp³-hybridized carbons (Fsp3) is 0.455. The normalized spacial score (nSPS) is 18.1. The zero-order chi connectivity index (χ0) is 20.9. The molecule has 1 amide bonds. The topological polar surface area (TPSA) is 65.3 Å². The average molecular weight is 383 g/mol. The molecule has 0 saturated heterocycles. The van der Waals surface area contributed by atoms with Crippen molar-refractivity contribution < 1.29 is 9.59 Å². The number of amides is 1. The number of allylic oxidation sites excluding steroid dienone is 2. The summed E-state index contributed by atoms with van der Waals surface area (Å²) >= 11 is 0. The Balaban J connectivity index is 2.31. The summed E-state index contributed by atoms with van der Waals surface area (Å²) < 4.78 is 0. The molecule has 0 aromatic heterocycles. The van der Waals surface area contributed by atoms with E-state index in [0.29, 0.717) is 12.1 Å². The molecule has 0 aliphatic heterocycles. The lowest BCUT2D eigenvalue weighted by Crippen LogP contribution is -2.45. The minimum atomic E-state index is -0.337. The first-order chi connectivity index (χ1) is 13.1. The highest BCUT2D eigenvalue weighted by Crippen LogP contribution is 2.34. The van der Waals surface area contributed by atoms with E-state index in [-0.39, 0.29) is 29.6 Å². The Hall–Kier alpha value is -2.76. The summed E-state index contributed by atoms with van der Waals surface area (Å²) in [4.78, 5) is 26.7. The van der Waals surface area contributed by atoms with Crippen molar-refractivity contribution in [3.8, 4) is 0 Å². The van der Waals surface area contributed by atoms with Crippen molar-refractivity contribution in [2.45, 2.75) is 46.6 Å². The maximum atomic E-state index is 12.8. The molecule has 0 fully saturated rings. The van der Waals surface area contributed by atoms with Crippen LogP contribution < -0.4 is 4.90 Å². The lowest BCUT2D eigenvalue weighted by atomic mass is 9.79. The summed E-state index contributed by atoms with van der Waals surface area (Å²) in [5.41, 5.74) is 2.51. The molecule has 6 nitrogen and oxygen atoms in total. The quantitative estimate of drug-likeness (QED) is 0.384. The molecule has 1 unspecified atom stereocenters. The molecule has 28 heavy (non-hydrogen) atoms. The van der Waals surface area contributed by atoms with Crippen molar-refractivity contribution in [1.82, 2.24) is 5.01 Å². The van der Waals surface area contributed by atoms with Crippen molar-refractivity contribution >= 4 is 23.1 Å². The Kier molecular flexibility index (Phi) is 6.89. The maximum absolute atomic E-state index is 12.8. The molecule has 1 aromatic carbocycles. The van der Waals surface area contributed by atoms with Gasteiger partial charge in [-0.2, -0.15) is 0 Å². The minimum Gasteiger partial charge on any atom is -0.378 e. The molecule has 0 saturated carbocycles. The Morgan fingerprint density at radius 3 is 2.32 bits per heavy atom. The van der Waals surface area contributed by atoms with Gasteiger partial charge in [-0.05, 0) is 31.2 Å². The van der Waals surface area contributed by atoms with E-state index in [4.69, 9.17) is 0 Å². The molecular formula is C22H30N4O2. The van der Waals surface area contributed by atoms with Gasteiger partial charge in [-0.3, -0.25) is 9.59 Å². The van der Waals surface area contributed by atoms with Gasteiger partial charge in [0.05, 0.1) is 18.2 Å². The lowest BCUT2D eigenvalue weighted by Gasteiger charge is -2.37. The largest absolute Gasteiger partial charge is 0.378 e. The fourth-order valence-electron chi connectivity index (χ4n) is 3.16. The van der Waals surface area contributed by atoms with Crippen molar-refractivity contribution in [3.05, 3.63) is 48.1 Å². The van der Waals surface area contributed by atoms with Crippen LogP contribution in [0.3, 0.4) is 0 Å². The first-order valence-corrected chi connectivity index (χ1v) is 9.54. The van der Waals surface area contributed by atoms with Crippen molar-refractivity contribution in [2.24, 2.45) is 15.8 Å². The van der Waals surface area contributed by atoms with E-state index in [0.717, 1.165) is 11.3 Å². The van der Waals surface area contributed by atoms with Gasteiger partial charge < -0.3 is 4.90 Å². The molecule has 0 heterocycles. The standard InChI is InChI=1S/C22H30N4O2/c1-7-19(27)14-21(28)26(20-13-8-16(2)15-22(20,3)4)24-23-17-9-11-18(12-10-17)25(5)6/h8-13,15,20H,7,14H2,1-6H3. The second-order valence-corrected chi connectivity index (χ2v) is 7.92. The van der Waals surface area contributed by atoms with Crippen molar-refractivity contribution in [1.29, 1.82) is 0 Å². The third-order valence-electron chi connectivity index (χ3n) is 4.79. The molecule has 1 atom stereocenters. The number of carbonyl (C=O) groups is 2. The summed E-state index contributed by atoms with van der Waals surface area (Å²) in [6, 6.07) is 7.28. The van der Waals surface area contributed by atoms with Crippen LogP contribution in [0, 0.1) is 5.41 Å². The minimum absolute atomic E-state index is 0.107. The van der Waals surface area contributed by atoms with Crippen LogP contribution in [0.25, 0.3) is 0 Å². The molecule has 0 bridgehead atoms. The van der Waals surface area contributed by atoms with Crippen LogP contribution in [0.5, 0.6) is 0 Å². The van der Waals surface area contributed by atoms with E-state index in [1.807, 2.05) is 76.2 Å². The van der Waals surface area contributed by atoms with Gasteiger partial charge in [0.15, 0.2) is 0 Å². The van der Waals surface area contributed by atoms with E-state index < -0.39 is 0 Å². The van der Waals surface area contributed by atoms with Gasteiger partial charge in [0, 0.05) is 31.6 Å². The highest BCUT2D eigenvalue weighted by Gasteiger charge is 2.36. The number of rotatable bonds is 7. The molecule has 0 radical (unpaired) electrons. The van der Waals surface area contributed by atoms with Gasteiger partial charge >= 0.3 is 0 Å². The summed E-state index contributed by atoms with van der Waals surface area (Å²) in [6.45, 7) is 7.88. The van der Waals surface area contributed by atoms with Gasteiger partial charge in [-0.15, -0.1) is 5.11 Å². The number of hydrogen-bond donors (Lipinski definition) is 0. The van der Waals surface area contributed by atoms with Crippen LogP contribution in [0.2, 0.25) is 0 Å². The van der Waals surface area contributed by atoms with E-state index in [2.05, 4.69) is 16.4 Å². The Morgan fingerprint density at radius 2 is 1.79 bits per heavy atom. The smallest absolute Gasteiger partial charge is 0.252 e. The molecule has 1 aliphatic carbocycles. The highest BCUT2D eigenvalue weighted by molar-refractivity contribution is 5.98. The van der Waals surface area contributed by atoms with Crippen LogP contribution in [0.15, 0.2) is 58.4 Å². The third kappa shape index (κ3) is 5.38. The Bertz CT molecular complexity index is 804. The van der Waals surface area contributed by atoms with Crippen LogP contribution in [0.1, 0.15) is 40.5 Å². The maximum Gasteiger partial charge on any atom is 0.252 e.